The first-order chi connectivity index (χ1) is 14.3. The molecule has 0 saturated carbocycles. The molecule has 0 saturated heterocycles. The zero-order valence-electron chi connectivity index (χ0n) is 15.6. The molecule has 152 valence electrons. The van der Waals surface area contributed by atoms with Gasteiger partial charge in [0.05, 0.1) is 23.7 Å². The fraction of sp³-hybridized carbons (Fsp3) is 0.130. The standard InChI is InChI=1S/C23H16BrCl2NO3/c24-15-6-9-20-18(10-15)23(30,12-21(28)17-8-7-16(25)11-19(17)26)22(29)27(20)13-14-4-2-1-3-5-14/h1-11,30H,12-13H2/t23-/m0/s1. The van der Waals surface area contributed by atoms with E-state index in [1.165, 1.54) is 17.0 Å². The second kappa shape index (κ2) is 8.16. The number of anilines is 1. The van der Waals surface area contributed by atoms with Crippen LogP contribution in [0.1, 0.15) is 27.9 Å². The molecule has 1 amide bonds. The van der Waals surface area contributed by atoms with Crippen molar-refractivity contribution in [3.8, 4) is 0 Å². The van der Waals surface area contributed by atoms with Crippen molar-refractivity contribution in [1.82, 2.24) is 0 Å². The highest BCUT2D eigenvalue weighted by Gasteiger charge is 2.51. The second-order valence-electron chi connectivity index (χ2n) is 7.12. The highest BCUT2D eigenvalue weighted by molar-refractivity contribution is 9.10. The minimum Gasteiger partial charge on any atom is -0.375 e. The molecule has 0 spiro atoms. The maximum atomic E-state index is 13.4. The van der Waals surface area contributed by atoms with Gasteiger partial charge in [-0.05, 0) is 42.0 Å². The number of aliphatic hydroxyl groups is 1. The van der Waals surface area contributed by atoms with E-state index in [0.29, 0.717) is 20.7 Å². The molecule has 30 heavy (non-hydrogen) atoms. The van der Waals surface area contributed by atoms with Crippen molar-refractivity contribution < 1.29 is 14.7 Å². The van der Waals surface area contributed by atoms with Crippen molar-refractivity contribution in [2.24, 2.45) is 0 Å². The lowest BCUT2D eigenvalue weighted by Gasteiger charge is -2.23. The molecule has 0 radical (unpaired) electrons. The fourth-order valence-corrected chi connectivity index (χ4v) is 4.53. The number of ketones is 1. The Morgan fingerprint density at radius 1 is 1.03 bits per heavy atom. The normalized spacial score (nSPS) is 17.9. The van der Waals surface area contributed by atoms with Crippen molar-refractivity contribution in [2.45, 2.75) is 18.6 Å². The Bertz CT molecular complexity index is 1150. The summed E-state index contributed by atoms with van der Waals surface area (Å²) in [7, 11) is 0. The number of benzene rings is 3. The maximum Gasteiger partial charge on any atom is 0.264 e. The zero-order valence-corrected chi connectivity index (χ0v) is 18.7. The summed E-state index contributed by atoms with van der Waals surface area (Å²) in [6, 6.07) is 19.2. The summed E-state index contributed by atoms with van der Waals surface area (Å²) in [5.74, 6) is -0.988. The van der Waals surface area contributed by atoms with Crippen LogP contribution in [0.4, 0.5) is 5.69 Å². The van der Waals surface area contributed by atoms with Gasteiger partial charge >= 0.3 is 0 Å². The molecule has 1 atom stereocenters. The van der Waals surface area contributed by atoms with E-state index in [4.69, 9.17) is 23.2 Å². The van der Waals surface area contributed by atoms with Gasteiger partial charge in [-0.3, -0.25) is 9.59 Å². The van der Waals surface area contributed by atoms with Crippen LogP contribution >= 0.6 is 39.1 Å². The number of halogens is 3. The number of nitrogens with zero attached hydrogens (tertiary/aromatic N) is 1. The number of hydrogen-bond acceptors (Lipinski definition) is 3. The Labute approximate surface area is 192 Å². The first kappa shape index (κ1) is 21.1. The van der Waals surface area contributed by atoms with Crippen LogP contribution in [0.5, 0.6) is 0 Å². The highest BCUT2D eigenvalue weighted by Crippen LogP contribution is 2.45. The molecule has 3 aromatic carbocycles. The molecule has 7 heteroatoms. The Kier molecular flexibility index (Phi) is 5.73. The molecule has 0 unspecified atom stereocenters. The Morgan fingerprint density at radius 3 is 2.47 bits per heavy atom. The van der Waals surface area contributed by atoms with Gasteiger partial charge in [0, 0.05) is 20.6 Å². The molecule has 0 aromatic heterocycles. The predicted molar refractivity (Wildman–Crippen MR) is 121 cm³/mol. The maximum absolute atomic E-state index is 13.4. The van der Waals surface area contributed by atoms with Crippen LogP contribution in [0.15, 0.2) is 71.2 Å². The third-order valence-electron chi connectivity index (χ3n) is 5.13. The SMILES string of the molecule is O=C(C[C@@]1(O)C(=O)N(Cc2ccccc2)c2ccc(Br)cc21)c1ccc(Cl)cc1Cl. The Hall–Kier alpha value is -2.18. The summed E-state index contributed by atoms with van der Waals surface area (Å²) in [4.78, 5) is 27.8. The number of rotatable bonds is 5. The van der Waals surface area contributed by atoms with Crippen LogP contribution in [-0.2, 0) is 16.9 Å². The van der Waals surface area contributed by atoms with Crippen molar-refractivity contribution in [3.05, 3.63) is 97.9 Å². The summed E-state index contributed by atoms with van der Waals surface area (Å²) in [5, 5.41) is 12.0. The average molecular weight is 505 g/mol. The van der Waals surface area contributed by atoms with E-state index in [0.717, 1.165) is 5.56 Å². The Morgan fingerprint density at radius 2 is 1.77 bits per heavy atom. The van der Waals surface area contributed by atoms with E-state index in [1.807, 2.05) is 30.3 Å². The molecular weight excluding hydrogens is 489 g/mol. The number of hydrogen-bond donors (Lipinski definition) is 1. The second-order valence-corrected chi connectivity index (χ2v) is 8.88. The lowest BCUT2D eigenvalue weighted by Crippen LogP contribution is -2.41. The van der Waals surface area contributed by atoms with Crippen molar-refractivity contribution in [2.75, 3.05) is 4.90 Å². The topological polar surface area (TPSA) is 57.6 Å². The zero-order chi connectivity index (χ0) is 21.5. The smallest absolute Gasteiger partial charge is 0.264 e. The van der Waals surface area contributed by atoms with Gasteiger partial charge in [-0.1, -0.05) is 69.5 Å². The molecule has 0 aliphatic carbocycles. The Balaban J connectivity index is 1.72. The summed E-state index contributed by atoms with van der Waals surface area (Å²) in [6.45, 7) is 0.284. The number of Topliss-reactive ketones (excluding diaryl/α,β-unsaturated/α-hetero) is 1. The van der Waals surface area contributed by atoms with Gasteiger partial charge in [0.25, 0.3) is 5.91 Å². The highest BCUT2D eigenvalue weighted by atomic mass is 79.9. The molecule has 1 aliphatic heterocycles. The first-order valence-corrected chi connectivity index (χ1v) is 10.7. The van der Waals surface area contributed by atoms with E-state index in [1.54, 1.807) is 24.3 Å². The molecule has 3 aromatic rings. The summed E-state index contributed by atoms with van der Waals surface area (Å²) < 4.78 is 0.700. The summed E-state index contributed by atoms with van der Waals surface area (Å²) in [5.41, 5.74) is 0.0886. The molecule has 1 heterocycles. The lowest BCUT2D eigenvalue weighted by molar-refractivity contribution is -0.136. The van der Waals surface area contributed by atoms with E-state index < -0.39 is 23.7 Å². The van der Waals surface area contributed by atoms with Crippen LogP contribution in [0.3, 0.4) is 0 Å². The van der Waals surface area contributed by atoms with E-state index in [2.05, 4.69) is 15.9 Å². The third kappa shape index (κ3) is 3.79. The van der Waals surface area contributed by atoms with E-state index >= 15 is 0 Å². The van der Waals surface area contributed by atoms with Gasteiger partial charge in [0.15, 0.2) is 11.4 Å². The monoisotopic (exact) mass is 503 g/mol. The van der Waals surface area contributed by atoms with Crippen LogP contribution in [-0.4, -0.2) is 16.8 Å². The minimum absolute atomic E-state index is 0.178. The molecule has 0 bridgehead atoms. The molecule has 1 N–H and O–H groups in total. The van der Waals surface area contributed by atoms with E-state index in [-0.39, 0.29) is 17.1 Å². The minimum atomic E-state index is -1.99. The van der Waals surface area contributed by atoms with Crippen LogP contribution in [0.2, 0.25) is 10.0 Å². The molecular formula is C23H16BrCl2NO3. The molecule has 4 rings (SSSR count). The van der Waals surface area contributed by atoms with Crippen LogP contribution in [0.25, 0.3) is 0 Å². The molecule has 4 nitrogen and oxygen atoms in total. The number of fused-ring (bicyclic) bond motifs is 1. The first-order valence-electron chi connectivity index (χ1n) is 9.16. The van der Waals surface area contributed by atoms with Gasteiger partial charge in [-0.25, -0.2) is 0 Å². The van der Waals surface area contributed by atoms with Crippen LogP contribution < -0.4 is 4.90 Å². The van der Waals surface area contributed by atoms with Crippen molar-refractivity contribution in [1.29, 1.82) is 0 Å². The van der Waals surface area contributed by atoms with Gasteiger partial charge in [0.1, 0.15) is 0 Å². The molecule has 0 fully saturated rings. The quantitative estimate of drug-likeness (QED) is 0.449. The number of carbonyl (C=O) groups excluding carboxylic acids is 2. The van der Waals surface area contributed by atoms with E-state index in [9.17, 15) is 14.7 Å². The van der Waals surface area contributed by atoms with Gasteiger partial charge in [0.2, 0.25) is 0 Å². The number of amides is 1. The van der Waals surface area contributed by atoms with Crippen LogP contribution in [0, 0.1) is 0 Å². The van der Waals surface area contributed by atoms with Crippen molar-refractivity contribution in [3.63, 3.8) is 0 Å². The van der Waals surface area contributed by atoms with Gasteiger partial charge in [-0.2, -0.15) is 0 Å². The molecule has 1 aliphatic rings. The van der Waals surface area contributed by atoms with Gasteiger partial charge in [-0.15, -0.1) is 0 Å². The summed E-state index contributed by atoms with van der Waals surface area (Å²) >= 11 is 15.5. The predicted octanol–water partition coefficient (Wildman–Crippen LogP) is 5.76. The largest absolute Gasteiger partial charge is 0.375 e. The third-order valence-corrected chi connectivity index (χ3v) is 6.17. The van der Waals surface area contributed by atoms with Gasteiger partial charge < -0.3 is 10.0 Å². The average Bonchev–Trinajstić information content (AvgIpc) is 2.90. The van der Waals surface area contributed by atoms with Crippen molar-refractivity contribution >= 4 is 56.5 Å². The summed E-state index contributed by atoms with van der Waals surface area (Å²) in [6.07, 6.45) is -0.429. The lowest BCUT2D eigenvalue weighted by atomic mass is 9.88. The fourth-order valence-electron chi connectivity index (χ4n) is 3.66. The number of carbonyl (C=O) groups is 2.